The SMILES string of the molecule is COc1cc(C)cc(C)c1C(=O)NCC(C)(C)CN. The number of ether oxygens (including phenoxy) is 1. The van der Waals surface area contributed by atoms with Crippen molar-refractivity contribution in [3.8, 4) is 5.75 Å². The second-order valence-corrected chi connectivity index (χ2v) is 5.71. The predicted octanol–water partition coefficient (Wildman–Crippen LogP) is 2.03. The number of nitrogens with one attached hydrogen (secondary N) is 1. The van der Waals surface area contributed by atoms with Crippen LogP contribution in [0.4, 0.5) is 0 Å². The monoisotopic (exact) mass is 264 g/mol. The number of aryl methyl sites for hydroxylation is 2. The Morgan fingerprint density at radius 3 is 2.53 bits per heavy atom. The van der Waals surface area contributed by atoms with Crippen LogP contribution in [0.5, 0.6) is 5.75 Å². The van der Waals surface area contributed by atoms with E-state index in [0.717, 1.165) is 11.1 Å². The Morgan fingerprint density at radius 1 is 1.37 bits per heavy atom. The smallest absolute Gasteiger partial charge is 0.255 e. The molecule has 0 aliphatic heterocycles. The molecule has 0 spiro atoms. The van der Waals surface area contributed by atoms with Gasteiger partial charge in [-0.3, -0.25) is 4.79 Å². The van der Waals surface area contributed by atoms with Gasteiger partial charge >= 0.3 is 0 Å². The first-order valence-corrected chi connectivity index (χ1v) is 6.44. The predicted molar refractivity (Wildman–Crippen MR) is 77.6 cm³/mol. The average Bonchev–Trinajstić information content (AvgIpc) is 2.35. The van der Waals surface area contributed by atoms with E-state index in [9.17, 15) is 4.79 Å². The Morgan fingerprint density at radius 2 is 2.00 bits per heavy atom. The maximum atomic E-state index is 12.3. The van der Waals surface area contributed by atoms with Crippen molar-refractivity contribution in [2.75, 3.05) is 20.2 Å². The molecule has 0 saturated heterocycles. The number of carbonyl (C=O) groups excluding carboxylic acids is 1. The first kappa shape index (κ1) is 15.5. The number of benzene rings is 1. The molecule has 1 rings (SSSR count). The summed E-state index contributed by atoms with van der Waals surface area (Å²) in [5.74, 6) is 0.497. The molecule has 0 aromatic heterocycles. The highest BCUT2D eigenvalue weighted by atomic mass is 16.5. The molecular weight excluding hydrogens is 240 g/mol. The van der Waals surface area contributed by atoms with Gasteiger partial charge in [0.2, 0.25) is 0 Å². The zero-order chi connectivity index (χ0) is 14.6. The largest absolute Gasteiger partial charge is 0.496 e. The number of amides is 1. The maximum absolute atomic E-state index is 12.3. The fraction of sp³-hybridized carbons (Fsp3) is 0.533. The van der Waals surface area contributed by atoms with Crippen molar-refractivity contribution in [2.45, 2.75) is 27.7 Å². The summed E-state index contributed by atoms with van der Waals surface area (Å²) in [6, 6.07) is 3.85. The molecule has 106 valence electrons. The van der Waals surface area contributed by atoms with E-state index in [4.69, 9.17) is 10.5 Å². The first-order valence-electron chi connectivity index (χ1n) is 6.44. The van der Waals surface area contributed by atoms with Crippen molar-refractivity contribution in [1.82, 2.24) is 5.32 Å². The molecule has 0 bridgehead atoms. The molecule has 0 unspecified atom stereocenters. The van der Waals surface area contributed by atoms with Crippen LogP contribution in [0, 0.1) is 19.3 Å². The topological polar surface area (TPSA) is 64.3 Å². The highest BCUT2D eigenvalue weighted by Crippen LogP contribution is 2.24. The normalized spacial score (nSPS) is 11.3. The lowest BCUT2D eigenvalue weighted by atomic mass is 9.93. The van der Waals surface area contributed by atoms with Crippen molar-refractivity contribution in [2.24, 2.45) is 11.1 Å². The van der Waals surface area contributed by atoms with Crippen LogP contribution in [0.1, 0.15) is 35.3 Å². The third kappa shape index (κ3) is 3.96. The van der Waals surface area contributed by atoms with Gasteiger partial charge in [0.25, 0.3) is 5.91 Å². The third-order valence-electron chi connectivity index (χ3n) is 3.17. The van der Waals surface area contributed by atoms with Crippen molar-refractivity contribution >= 4 is 5.91 Å². The molecule has 3 N–H and O–H groups in total. The first-order chi connectivity index (χ1) is 8.80. The Kier molecular flexibility index (Phi) is 4.95. The van der Waals surface area contributed by atoms with Crippen LogP contribution < -0.4 is 15.8 Å². The van der Waals surface area contributed by atoms with Gasteiger partial charge in [0.15, 0.2) is 0 Å². The zero-order valence-corrected chi connectivity index (χ0v) is 12.5. The Bertz CT molecular complexity index is 467. The molecule has 1 aromatic rings. The molecule has 0 fully saturated rings. The fourth-order valence-electron chi connectivity index (χ4n) is 1.86. The van der Waals surface area contributed by atoms with Gasteiger partial charge in [-0.05, 0) is 43.0 Å². The zero-order valence-electron chi connectivity index (χ0n) is 12.5. The molecule has 0 aliphatic carbocycles. The number of hydrogen-bond acceptors (Lipinski definition) is 3. The lowest BCUT2D eigenvalue weighted by Crippen LogP contribution is -2.38. The Hall–Kier alpha value is -1.55. The third-order valence-corrected chi connectivity index (χ3v) is 3.17. The maximum Gasteiger partial charge on any atom is 0.255 e. The summed E-state index contributed by atoms with van der Waals surface area (Å²) in [5.41, 5.74) is 8.14. The van der Waals surface area contributed by atoms with Gasteiger partial charge in [-0.15, -0.1) is 0 Å². The Balaban J connectivity index is 2.94. The summed E-state index contributed by atoms with van der Waals surface area (Å²) in [4.78, 5) is 12.3. The quantitative estimate of drug-likeness (QED) is 0.855. The van der Waals surface area contributed by atoms with Crippen LogP contribution in [0.25, 0.3) is 0 Å². The van der Waals surface area contributed by atoms with Crippen molar-refractivity contribution in [3.63, 3.8) is 0 Å². The van der Waals surface area contributed by atoms with Crippen LogP contribution in [0.2, 0.25) is 0 Å². The van der Waals surface area contributed by atoms with E-state index in [1.807, 2.05) is 39.8 Å². The minimum Gasteiger partial charge on any atom is -0.496 e. The molecule has 4 nitrogen and oxygen atoms in total. The van der Waals surface area contributed by atoms with Crippen molar-refractivity contribution in [1.29, 1.82) is 0 Å². The van der Waals surface area contributed by atoms with Gasteiger partial charge in [0.05, 0.1) is 12.7 Å². The highest BCUT2D eigenvalue weighted by molar-refractivity contribution is 5.98. The molecule has 4 heteroatoms. The summed E-state index contributed by atoms with van der Waals surface area (Å²) in [7, 11) is 1.58. The molecule has 1 aromatic carbocycles. The molecule has 0 radical (unpaired) electrons. The summed E-state index contributed by atoms with van der Waals surface area (Å²) >= 11 is 0. The lowest BCUT2D eigenvalue weighted by Gasteiger charge is -2.23. The van der Waals surface area contributed by atoms with Gasteiger partial charge in [0, 0.05) is 6.54 Å². The molecule has 1 amide bonds. The van der Waals surface area contributed by atoms with Gasteiger partial charge in [-0.1, -0.05) is 19.9 Å². The Labute approximate surface area is 115 Å². The van der Waals surface area contributed by atoms with Gasteiger partial charge in [-0.25, -0.2) is 0 Å². The van der Waals surface area contributed by atoms with Crippen LogP contribution in [0.15, 0.2) is 12.1 Å². The highest BCUT2D eigenvalue weighted by Gasteiger charge is 2.20. The number of methoxy groups -OCH3 is 1. The van der Waals surface area contributed by atoms with E-state index in [-0.39, 0.29) is 11.3 Å². The van der Waals surface area contributed by atoms with Crippen LogP contribution >= 0.6 is 0 Å². The number of rotatable bonds is 5. The number of hydrogen-bond donors (Lipinski definition) is 2. The lowest BCUT2D eigenvalue weighted by molar-refractivity contribution is 0.0934. The minimum absolute atomic E-state index is 0.110. The average molecular weight is 264 g/mol. The second-order valence-electron chi connectivity index (χ2n) is 5.71. The molecule has 0 saturated carbocycles. The van der Waals surface area contributed by atoms with Crippen LogP contribution in [0.3, 0.4) is 0 Å². The van der Waals surface area contributed by atoms with Crippen molar-refractivity contribution < 1.29 is 9.53 Å². The summed E-state index contributed by atoms with van der Waals surface area (Å²) < 4.78 is 5.30. The van der Waals surface area contributed by atoms with E-state index in [1.54, 1.807) is 7.11 Å². The second kappa shape index (κ2) is 6.06. The molecular formula is C15H24N2O2. The molecule has 0 atom stereocenters. The van der Waals surface area contributed by atoms with E-state index in [0.29, 0.717) is 24.4 Å². The van der Waals surface area contributed by atoms with E-state index in [2.05, 4.69) is 5.32 Å². The standard InChI is InChI=1S/C15H24N2O2/c1-10-6-11(2)13(12(7-10)19-5)14(18)17-9-15(3,4)8-16/h6-7H,8-9,16H2,1-5H3,(H,17,18). The fourth-order valence-corrected chi connectivity index (χ4v) is 1.86. The molecule has 0 heterocycles. The molecule has 0 aliphatic rings. The minimum atomic E-state index is -0.115. The summed E-state index contributed by atoms with van der Waals surface area (Å²) in [6.07, 6.45) is 0. The number of nitrogens with two attached hydrogens (primary N) is 1. The van der Waals surface area contributed by atoms with E-state index >= 15 is 0 Å². The van der Waals surface area contributed by atoms with Crippen LogP contribution in [-0.4, -0.2) is 26.1 Å². The van der Waals surface area contributed by atoms with Crippen LogP contribution in [-0.2, 0) is 0 Å². The van der Waals surface area contributed by atoms with E-state index in [1.165, 1.54) is 0 Å². The van der Waals surface area contributed by atoms with Crippen molar-refractivity contribution in [3.05, 3.63) is 28.8 Å². The summed E-state index contributed by atoms with van der Waals surface area (Å²) in [6.45, 7) is 9.00. The van der Waals surface area contributed by atoms with Gasteiger partial charge in [-0.2, -0.15) is 0 Å². The molecule has 19 heavy (non-hydrogen) atoms. The number of carbonyl (C=O) groups is 1. The van der Waals surface area contributed by atoms with E-state index < -0.39 is 0 Å². The van der Waals surface area contributed by atoms with Gasteiger partial charge < -0.3 is 15.8 Å². The summed E-state index contributed by atoms with van der Waals surface area (Å²) in [5, 5.41) is 2.93. The van der Waals surface area contributed by atoms with Gasteiger partial charge in [0.1, 0.15) is 5.75 Å².